The number of nitrogens with one attached hydrogen (secondary N) is 3. The number of benzene rings is 1. The van der Waals surface area contributed by atoms with Gasteiger partial charge in [-0.05, 0) is 24.3 Å². The Hall–Kier alpha value is -3.27. The summed E-state index contributed by atoms with van der Waals surface area (Å²) in [6.45, 7) is 3.90. The molecule has 1 aliphatic rings. The van der Waals surface area contributed by atoms with Gasteiger partial charge in [-0.25, -0.2) is 9.78 Å². The number of alkyl carbamates (subject to hydrolysis) is 1. The van der Waals surface area contributed by atoms with Crippen LogP contribution in [0.2, 0.25) is 0 Å². The number of ketones is 1. The molecule has 1 aromatic carbocycles. The van der Waals surface area contributed by atoms with Gasteiger partial charge in [-0.15, -0.1) is 11.3 Å². The SMILES string of the molecule is CC(C)C(NC(=O)OCc1ccccc1)C(=O)NC1CCc2csc(n2)CCNC(=O)C1=O. The molecule has 2 bridgehead atoms. The lowest BCUT2D eigenvalue weighted by atomic mass is 10.0. The Morgan fingerprint density at radius 1 is 1.21 bits per heavy atom. The summed E-state index contributed by atoms with van der Waals surface area (Å²) in [5, 5.41) is 10.6. The predicted molar refractivity (Wildman–Crippen MR) is 122 cm³/mol. The van der Waals surface area contributed by atoms with Crippen LogP contribution in [0.4, 0.5) is 4.79 Å². The highest BCUT2D eigenvalue weighted by atomic mass is 32.1. The van der Waals surface area contributed by atoms with Gasteiger partial charge < -0.3 is 20.7 Å². The molecule has 0 aliphatic carbocycles. The van der Waals surface area contributed by atoms with E-state index in [0.717, 1.165) is 16.3 Å². The number of carbonyl (C=O) groups excluding carboxylic acids is 4. The van der Waals surface area contributed by atoms with Gasteiger partial charge in [0.1, 0.15) is 12.6 Å². The molecular weight excluding hydrogens is 444 g/mol. The molecule has 0 saturated carbocycles. The standard InChI is InChI=1S/C23H28N4O5S/c1-14(2)19(27-23(31)32-12-15-6-4-3-5-7-15)21(29)26-17-9-8-16-13-33-18(25-16)10-11-24-22(30)20(17)28/h3-7,13-14,17,19H,8-12H2,1-2H3,(H,24,30)(H,26,29)(H,27,31). The number of amides is 3. The molecule has 176 valence electrons. The molecule has 0 radical (unpaired) electrons. The Labute approximate surface area is 196 Å². The maximum absolute atomic E-state index is 13.0. The van der Waals surface area contributed by atoms with E-state index in [0.29, 0.717) is 19.4 Å². The molecule has 0 spiro atoms. The maximum atomic E-state index is 13.0. The fourth-order valence-corrected chi connectivity index (χ4v) is 4.19. The summed E-state index contributed by atoms with van der Waals surface area (Å²) in [6.07, 6.45) is 0.476. The first-order valence-corrected chi connectivity index (χ1v) is 11.7. The van der Waals surface area contributed by atoms with Crippen molar-refractivity contribution in [2.45, 2.75) is 51.8 Å². The van der Waals surface area contributed by atoms with E-state index in [1.807, 2.05) is 35.7 Å². The monoisotopic (exact) mass is 472 g/mol. The highest BCUT2D eigenvalue weighted by Gasteiger charge is 2.32. The van der Waals surface area contributed by atoms with Gasteiger partial charge in [0.2, 0.25) is 11.7 Å². The van der Waals surface area contributed by atoms with E-state index in [2.05, 4.69) is 20.9 Å². The van der Waals surface area contributed by atoms with Crippen LogP contribution in [0.15, 0.2) is 35.7 Å². The molecule has 2 atom stereocenters. The molecule has 9 nitrogen and oxygen atoms in total. The van der Waals surface area contributed by atoms with Crippen molar-refractivity contribution in [1.82, 2.24) is 20.9 Å². The molecule has 2 aromatic rings. The molecule has 3 N–H and O–H groups in total. The minimum absolute atomic E-state index is 0.0655. The number of hydrogen-bond donors (Lipinski definition) is 3. The largest absolute Gasteiger partial charge is 0.445 e. The van der Waals surface area contributed by atoms with Crippen LogP contribution in [0.3, 0.4) is 0 Å². The van der Waals surface area contributed by atoms with Crippen LogP contribution in [-0.2, 0) is 38.6 Å². The van der Waals surface area contributed by atoms with Gasteiger partial charge in [-0.2, -0.15) is 0 Å². The van der Waals surface area contributed by atoms with Crippen molar-refractivity contribution in [3.63, 3.8) is 0 Å². The summed E-state index contributed by atoms with van der Waals surface area (Å²) in [4.78, 5) is 54.7. The van der Waals surface area contributed by atoms with E-state index in [-0.39, 0.29) is 18.9 Å². The van der Waals surface area contributed by atoms with Gasteiger partial charge in [0.15, 0.2) is 0 Å². The Bertz CT molecular complexity index is 992. The molecule has 2 heterocycles. The van der Waals surface area contributed by atoms with E-state index in [4.69, 9.17) is 4.74 Å². The van der Waals surface area contributed by atoms with Gasteiger partial charge in [0.05, 0.1) is 16.7 Å². The van der Waals surface area contributed by atoms with E-state index >= 15 is 0 Å². The van der Waals surface area contributed by atoms with Crippen molar-refractivity contribution >= 4 is 35.0 Å². The van der Waals surface area contributed by atoms with Crippen LogP contribution in [0.1, 0.15) is 36.5 Å². The third-order valence-corrected chi connectivity index (χ3v) is 6.16. The normalized spacial score (nSPS) is 17.5. The molecule has 1 aliphatic heterocycles. The number of carbonyl (C=O) groups is 4. The lowest BCUT2D eigenvalue weighted by Gasteiger charge is -2.24. The zero-order valence-electron chi connectivity index (χ0n) is 18.6. The third-order valence-electron chi connectivity index (χ3n) is 5.20. The Morgan fingerprint density at radius 3 is 2.70 bits per heavy atom. The first-order valence-electron chi connectivity index (χ1n) is 10.9. The summed E-state index contributed by atoms with van der Waals surface area (Å²) in [5.41, 5.74) is 1.64. The number of Topliss-reactive ketones (excluding diaryl/α,β-unsaturated/α-hetero) is 1. The molecule has 1 aromatic heterocycles. The topological polar surface area (TPSA) is 126 Å². The second-order valence-corrected chi connectivity index (χ2v) is 9.07. The number of nitrogens with zero attached hydrogens (tertiary/aromatic N) is 1. The molecule has 10 heteroatoms. The number of hydrogen-bond acceptors (Lipinski definition) is 7. The van der Waals surface area contributed by atoms with Crippen LogP contribution in [0, 0.1) is 5.92 Å². The van der Waals surface area contributed by atoms with Crippen molar-refractivity contribution in [3.05, 3.63) is 52.0 Å². The van der Waals surface area contributed by atoms with Crippen molar-refractivity contribution in [2.24, 2.45) is 5.92 Å². The molecule has 2 unspecified atom stereocenters. The smallest absolute Gasteiger partial charge is 0.408 e. The molecular formula is C23H28N4O5S. The third kappa shape index (κ3) is 7.11. The van der Waals surface area contributed by atoms with E-state index in [9.17, 15) is 19.2 Å². The summed E-state index contributed by atoms with van der Waals surface area (Å²) in [6, 6.07) is 7.21. The molecule has 0 saturated heterocycles. The second kappa shape index (κ2) is 11.6. The number of ether oxygens (including phenoxy) is 1. The lowest BCUT2D eigenvalue weighted by Crippen LogP contribution is -2.55. The van der Waals surface area contributed by atoms with E-state index < -0.39 is 35.8 Å². The average molecular weight is 473 g/mol. The van der Waals surface area contributed by atoms with E-state index in [1.165, 1.54) is 11.3 Å². The van der Waals surface area contributed by atoms with E-state index in [1.54, 1.807) is 13.8 Å². The highest BCUT2D eigenvalue weighted by Crippen LogP contribution is 2.14. The number of thiazole rings is 1. The number of aryl methyl sites for hydroxylation is 1. The van der Waals surface area contributed by atoms with Crippen molar-refractivity contribution in [2.75, 3.05) is 6.54 Å². The summed E-state index contributed by atoms with van der Waals surface area (Å²) in [7, 11) is 0. The van der Waals surface area contributed by atoms with Crippen LogP contribution in [-0.4, -0.2) is 47.3 Å². The van der Waals surface area contributed by atoms with Gasteiger partial charge in [-0.1, -0.05) is 44.2 Å². The van der Waals surface area contributed by atoms with Crippen LogP contribution < -0.4 is 16.0 Å². The van der Waals surface area contributed by atoms with Gasteiger partial charge in [-0.3, -0.25) is 14.4 Å². The Kier molecular flexibility index (Phi) is 8.53. The zero-order valence-corrected chi connectivity index (χ0v) is 19.4. The lowest BCUT2D eigenvalue weighted by molar-refractivity contribution is -0.140. The molecule has 3 rings (SSSR count). The molecule has 3 amide bonds. The summed E-state index contributed by atoms with van der Waals surface area (Å²) in [5.74, 6) is -2.29. The van der Waals surface area contributed by atoms with Crippen molar-refractivity contribution in [3.8, 4) is 0 Å². The second-order valence-electron chi connectivity index (χ2n) is 8.13. The number of fused-ring (bicyclic) bond motifs is 2. The van der Waals surface area contributed by atoms with Crippen LogP contribution in [0.5, 0.6) is 0 Å². The number of rotatable bonds is 6. The maximum Gasteiger partial charge on any atom is 0.408 e. The summed E-state index contributed by atoms with van der Waals surface area (Å²) < 4.78 is 5.22. The fourth-order valence-electron chi connectivity index (χ4n) is 3.36. The van der Waals surface area contributed by atoms with Crippen LogP contribution >= 0.6 is 11.3 Å². The zero-order chi connectivity index (χ0) is 23.8. The quantitative estimate of drug-likeness (QED) is 0.550. The fraction of sp³-hybridized carbons (Fsp3) is 0.435. The molecule has 0 fully saturated rings. The van der Waals surface area contributed by atoms with Crippen LogP contribution in [0.25, 0.3) is 0 Å². The first kappa shape index (κ1) is 24.4. The van der Waals surface area contributed by atoms with Crippen molar-refractivity contribution < 1.29 is 23.9 Å². The Balaban J connectivity index is 1.63. The average Bonchev–Trinajstić information content (AvgIpc) is 3.25. The first-order chi connectivity index (χ1) is 15.8. The van der Waals surface area contributed by atoms with Crippen molar-refractivity contribution in [1.29, 1.82) is 0 Å². The summed E-state index contributed by atoms with van der Waals surface area (Å²) >= 11 is 1.50. The molecule has 33 heavy (non-hydrogen) atoms. The van der Waals surface area contributed by atoms with Gasteiger partial charge in [0.25, 0.3) is 5.91 Å². The van der Waals surface area contributed by atoms with Gasteiger partial charge >= 0.3 is 6.09 Å². The van der Waals surface area contributed by atoms with Gasteiger partial charge in [0, 0.05) is 18.3 Å². The highest BCUT2D eigenvalue weighted by molar-refractivity contribution is 7.09. The number of aromatic nitrogens is 1. The Morgan fingerprint density at radius 2 is 1.97 bits per heavy atom. The predicted octanol–water partition coefficient (Wildman–Crippen LogP) is 1.75. The minimum Gasteiger partial charge on any atom is -0.445 e. The minimum atomic E-state index is -1.02.